The lowest BCUT2D eigenvalue weighted by atomic mass is 9.85. The zero-order chi connectivity index (χ0) is 14.7. The van der Waals surface area contributed by atoms with Gasteiger partial charge < -0.3 is 10.4 Å². The molecule has 2 N–H and O–H groups in total. The molecular formula is C14H15Cl2NO3. The monoisotopic (exact) mass is 315 g/mol. The number of hydrogen-bond donors (Lipinski definition) is 2. The van der Waals surface area contributed by atoms with E-state index in [-0.39, 0.29) is 17.9 Å². The van der Waals surface area contributed by atoms with Crippen LogP contribution in [0.15, 0.2) is 18.2 Å². The summed E-state index contributed by atoms with van der Waals surface area (Å²) in [5.74, 6) is -1.47. The van der Waals surface area contributed by atoms with E-state index in [2.05, 4.69) is 5.32 Å². The Morgan fingerprint density at radius 3 is 2.65 bits per heavy atom. The number of carbonyl (C=O) groups excluding carboxylic acids is 1. The Balaban J connectivity index is 2.02. The first kappa shape index (κ1) is 15.1. The first-order valence-corrected chi connectivity index (χ1v) is 7.21. The lowest BCUT2D eigenvalue weighted by Gasteiger charge is -2.27. The average molecular weight is 316 g/mol. The molecule has 0 heterocycles. The Hall–Kier alpha value is -1.26. The highest BCUT2D eigenvalue weighted by Crippen LogP contribution is 2.26. The van der Waals surface area contributed by atoms with Gasteiger partial charge in [-0.25, -0.2) is 0 Å². The van der Waals surface area contributed by atoms with Crippen LogP contribution in [0.5, 0.6) is 0 Å². The zero-order valence-electron chi connectivity index (χ0n) is 10.7. The number of carboxylic acids is 1. The second-order valence-electron chi connectivity index (χ2n) is 5.00. The minimum absolute atomic E-state index is 0.121. The molecule has 1 aromatic carbocycles. The van der Waals surface area contributed by atoms with E-state index in [1.54, 1.807) is 12.1 Å². The van der Waals surface area contributed by atoms with Gasteiger partial charge in [-0.1, -0.05) is 29.6 Å². The number of rotatable bonds is 3. The van der Waals surface area contributed by atoms with Crippen LogP contribution in [-0.2, 0) is 4.79 Å². The fourth-order valence-corrected chi connectivity index (χ4v) is 2.98. The number of benzene rings is 1. The van der Waals surface area contributed by atoms with Gasteiger partial charge in [0.05, 0.1) is 16.5 Å². The number of aliphatic carboxylic acids is 1. The van der Waals surface area contributed by atoms with Crippen LogP contribution < -0.4 is 5.32 Å². The molecule has 0 spiro atoms. The molecule has 0 radical (unpaired) electrons. The van der Waals surface area contributed by atoms with Crippen molar-refractivity contribution in [2.75, 3.05) is 0 Å². The fraction of sp³-hybridized carbons (Fsp3) is 0.429. The van der Waals surface area contributed by atoms with Gasteiger partial charge in [-0.15, -0.1) is 0 Å². The SMILES string of the molecule is O=C(NC1CCCC(C(=O)O)C1)c1ccc(Cl)cc1Cl. The van der Waals surface area contributed by atoms with Crippen LogP contribution in [0.25, 0.3) is 0 Å². The Morgan fingerprint density at radius 2 is 2.00 bits per heavy atom. The molecule has 1 aliphatic carbocycles. The Bertz CT molecular complexity index is 533. The second-order valence-corrected chi connectivity index (χ2v) is 5.84. The Labute approximate surface area is 127 Å². The molecule has 1 amide bonds. The van der Waals surface area contributed by atoms with E-state index in [4.69, 9.17) is 28.3 Å². The van der Waals surface area contributed by atoms with Crippen LogP contribution in [0, 0.1) is 5.92 Å². The molecule has 108 valence electrons. The molecule has 2 unspecified atom stereocenters. The highest BCUT2D eigenvalue weighted by molar-refractivity contribution is 6.36. The van der Waals surface area contributed by atoms with Gasteiger partial charge in [0.1, 0.15) is 0 Å². The van der Waals surface area contributed by atoms with Crippen molar-refractivity contribution in [3.8, 4) is 0 Å². The highest BCUT2D eigenvalue weighted by Gasteiger charge is 2.28. The van der Waals surface area contributed by atoms with Crippen molar-refractivity contribution in [3.63, 3.8) is 0 Å². The number of halogens is 2. The summed E-state index contributed by atoms with van der Waals surface area (Å²) < 4.78 is 0. The molecule has 0 saturated heterocycles. The largest absolute Gasteiger partial charge is 0.481 e. The second kappa shape index (κ2) is 6.46. The molecule has 0 bridgehead atoms. The summed E-state index contributed by atoms with van der Waals surface area (Å²) in [4.78, 5) is 23.1. The Kier molecular flexibility index (Phi) is 4.89. The summed E-state index contributed by atoms with van der Waals surface area (Å²) in [6, 6.07) is 4.56. The van der Waals surface area contributed by atoms with Crippen LogP contribution in [0.3, 0.4) is 0 Å². The Morgan fingerprint density at radius 1 is 1.25 bits per heavy atom. The third kappa shape index (κ3) is 3.64. The molecule has 1 aromatic rings. The topological polar surface area (TPSA) is 66.4 Å². The summed E-state index contributed by atoms with van der Waals surface area (Å²) >= 11 is 11.8. The van der Waals surface area contributed by atoms with Crippen LogP contribution in [0.1, 0.15) is 36.0 Å². The molecule has 2 rings (SSSR count). The standard InChI is InChI=1S/C14H15Cl2NO3/c15-9-4-5-11(12(16)7-9)13(18)17-10-3-1-2-8(6-10)14(19)20/h4-5,7-8,10H,1-3,6H2,(H,17,18)(H,19,20). The summed E-state index contributed by atoms with van der Waals surface area (Å²) in [6.07, 6.45) is 2.73. The van der Waals surface area contributed by atoms with E-state index < -0.39 is 5.97 Å². The van der Waals surface area contributed by atoms with E-state index in [0.29, 0.717) is 28.5 Å². The van der Waals surface area contributed by atoms with E-state index in [9.17, 15) is 9.59 Å². The van der Waals surface area contributed by atoms with E-state index >= 15 is 0 Å². The number of hydrogen-bond acceptors (Lipinski definition) is 2. The molecule has 6 heteroatoms. The quantitative estimate of drug-likeness (QED) is 0.898. The fourth-order valence-electron chi connectivity index (χ4n) is 2.48. The van der Waals surface area contributed by atoms with Crippen molar-refractivity contribution in [1.82, 2.24) is 5.32 Å². The lowest BCUT2D eigenvalue weighted by Crippen LogP contribution is -2.40. The van der Waals surface area contributed by atoms with Crippen molar-refractivity contribution < 1.29 is 14.7 Å². The third-order valence-corrected chi connectivity index (χ3v) is 4.08. The van der Waals surface area contributed by atoms with Crippen molar-refractivity contribution >= 4 is 35.1 Å². The minimum Gasteiger partial charge on any atom is -0.481 e. The van der Waals surface area contributed by atoms with Gasteiger partial charge in [0.25, 0.3) is 5.91 Å². The van der Waals surface area contributed by atoms with E-state index in [1.807, 2.05) is 0 Å². The predicted molar refractivity (Wildman–Crippen MR) is 77.3 cm³/mol. The molecule has 1 saturated carbocycles. The van der Waals surface area contributed by atoms with Gasteiger partial charge in [0.15, 0.2) is 0 Å². The van der Waals surface area contributed by atoms with Gasteiger partial charge >= 0.3 is 5.97 Å². The first-order chi connectivity index (χ1) is 9.47. The van der Waals surface area contributed by atoms with Gasteiger partial charge in [-0.05, 0) is 37.5 Å². The molecule has 2 atom stereocenters. The number of carbonyl (C=O) groups is 2. The van der Waals surface area contributed by atoms with E-state index in [1.165, 1.54) is 6.07 Å². The molecule has 1 fully saturated rings. The molecule has 0 aliphatic heterocycles. The van der Waals surface area contributed by atoms with Gasteiger partial charge in [-0.2, -0.15) is 0 Å². The molecule has 1 aliphatic rings. The van der Waals surface area contributed by atoms with Crippen LogP contribution in [-0.4, -0.2) is 23.0 Å². The third-order valence-electron chi connectivity index (χ3n) is 3.53. The van der Waals surface area contributed by atoms with Crippen LogP contribution >= 0.6 is 23.2 Å². The molecule has 20 heavy (non-hydrogen) atoms. The van der Waals surface area contributed by atoms with Crippen molar-refractivity contribution in [2.24, 2.45) is 5.92 Å². The summed E-state index contributed by atoms with van der Waals surface area (Å²) in [5.41, 5.74) is 0.355. The maximum atomic E-state index is 12.1. The van der Waals surface area contributed by atoms with Crippen LogP contribution in [0.2, 0.25) is 10.0 Å². The van der Waals surface area contributed by atoms with Gasteiger partial charge in [0, 0.05) is 11.1 Å². The summed E-state index contributed by atoms with van der Waals surface area (Å²) in [5, 5.41) is 12.6. The lowest BCUT2D eigenvalue weighted by molar-refractivity contribution is -0.143. The smallest absolute Gasteiger partial charge is 0.306 e. The summed E-state index contributed by atoms with van der Waals surface area (Å²) in [7, 11) is 0. The predicted octanol–water partition coefficient (Wildman–Crippen LogP) is 3.37. The van der Waals surface area contributed by atoms with Crippen molar-refractivity contribution in [2.45, 2.75) is 31.7 Å². The van der Waals surface area contributed by atoms with E-state index in [0.717, 1.165) is 12.8 Å². The average Bonchev–Trinajstić information content (AvgIpc) is 2.38. The number of amides is 1. The zero-order valence-corrected chi connectivity index (χ0v) is 12.2. The molecule has 0 aromatic heterocycles. The van der Waals surface area contributed by atoms with Crippen LogP contribution in [0.4, 0.5) is 0 Å². The van der Waals surface area contributed by atoms with Crippen molar-refractivity contribution in [1.29, 1.82) is 0 Å². The van der Waals surface area contributed by atoms with Crippen molar-refractivity contribution in [3.05, 3.63) is 33.8 Å². The maximum Gasteiger partial charge on any atom is 0.306 e. The highest BCUT2D eigenvalue weighted by atomic mass is 35.5. The normalized spacial score (nSPS) is 22.3. The molecular weight excluding hydrogens is 301 g/mol. The summed E-state index contributed by atoms with van der Waals surface area (Å²) in [6.45, 7) is 0. The minimum atomic E-state index is -0.798. The van der Waals surface area contributed by atoms with Gasteiger partial charge in [-0.3, -0.25) is 9.59 Å². The maximum absolute atomic E-state index is 12.1. The molecule has 4 nitrogen and oxygen atoms in total. The number of carboxylic acid groups (broad SMARTS) is 1. The first-order valence-electron chi connectivity index (χ1n) is 6.46. The van der Waals surface area contributed by atoms with Gasteiger partial charge in [0.2, 0.25) is 0 Å². The number of nitrogens with one attached hydrogen (secondary N) is 1.